The molecule has 21 heavy (non-hydrogen) atoms. The summed E-state index contributed by atoms with van der Waals surface area (Å²) in [5.41, 5.74) is 1.34. The van der Waals surface area contributed by atoms with Gasteiger partial charge in [0.2, 0.25) is 0 Å². The highest BCUT2D eigenvalue weighted by Crippen LogP contribution is 2.39. The molecule has 0 aliphatic heterocycles. The summed E-state index contributed by atoms with van der Waals surface area (Å²) in [6.45, 7) is 0.577. The highest BCUT2D eigenvalue weighted by molar-refractivity contribution is 7.80. The molecule has 0 saturated heterocycles. The largest absolute Gasteiger partial charge is 0.365 e. The van der Waals surface area contributed by atoms with Gasteiger partial charge >= 0.3 is 0 Å². The Morgan fingerprint density at radius 3 is 2.62 bits per heavy atom. The van der Waals surface area contributed by atoms with E-state index >= 15 is 0 Å². The topological polar surface area (TPSA) is 54.9 Å². The van der Waals surface area contributed by atoms with Crippen molar-refractivity contribution in [1.29, 1.82) is 0 Å². The normalized spacial score (nSPS) is 14.0. The Balaban J connectivity index is 1.81. The summed E-state index contributed by atoms with van der Waals surface area (Å²) in [6.07, 6.45) is 2.82. The lowest BCUT2D eigenvalue weighted by atomic mass is 10.2. The first kappa shape index (κ1) is 14.4. The minimum atomic E-state index is 0.252. The average molecular weight is 320 g/mol. The van der Waals surface area contributed by atoms with E-state index in [-0.39, 0.29) is 10.7 Å². The minimum absolute atomic E-state index is 0.252. The van der Waals surface area contributed by atoms with Crippen LogP contribution in [-0.4, -0.2) is 16.3 Å². The van der Waals surface area contributed by atoms with E-state index in [1.54, 1.807) is 0 Å². The Hall–Kier alpha value is -1.59. The number of benzene rings is 1. The van der Waals surface area contributed by atoms with Crippen LogP contribution in [0.15, 0.2) is 29.2 Å². The number of thiol groups is 1. The number of rotatable bonds is 5. The summed E-state index contributed by atoms with van der Waals surface area (Å²) in [6, 6.07) is 7.81. The van der Waals surface area contributed by atoms with Gasteiger partial charge < -0.3 is 5.32 Å². The first-order valence-electron chi connectivity index (χ1n) is 6.72. The Morgan fingerprint density at radius 2 is 2.00 bits per heavy atom. The molecular formula is C15H14ClN3OS. The second kappa shape index (κ2) is 6.03. The molecule has 2 aromatic rings. The maximum atomic E-state index is 11.1. The summed E-state index contributed by atoms with van der Waals surface area (Å²) < 4.78 is 0. The molecule has 108 valence electrons. The second-order valence-corrected chi connectivity index (χ2v) is 5.94. The molecule has 1 aliphatic carbocycles. The number of carbonyl (C=O) groups is 1. The molecular weight excluding hydrogens is 306 g/mol. The van der Waals surface area contributed by atoms with E-state index in [1.165, 1.54) is 0 Å². The standard InChI is InChI=1S/C15H14ClN3OS/c16-13-12(8-20)18-14(10-3-4-10)19-15(13)17-7-9-1-5-11(21)6-2-9/h1-2,5-6,8,10,21H,3-4,7H2,(H,17,18,19). The molecule has 0 bridgehead atoms. The van der Waals surface area contributed by atoms with Crippen LogP contribution in [0.25, 0.3) is 0 Å². The minimum Gasteiger partial charge on any atom is -0.365 e. The second-order valence-electron chi connectivity index (χ2n) is 5.04. The van der Waals surface area contributed by atoms with E-state index in [1.807, 2.05) is 24.3 Å². The number of carbonyl (C=O) groups excluding carboxylic acids is 1. The SMILES string of the molecule is O=Cc1nc(C2CC2)nc(NCc2ccc(S)cc2)c1Cl. The van der Waals surface area contributed by atoms with Crippen molar-refractivity contribution in [2.45, 2.75) is 30.2 Å². The van der Waals surface area contributed by atoms with Crippen LogP contribution in [0.5, 0.6) is 0 Å². The molecule has 0 radical (unpaired) electrons. The summed E-state index contributed by atoms with van der Waals surface area (Å²) in [5.74, 6) is 1.59. The van der Waals surface area contributed by atoms with Crippen LogP contribution in [0.3, 0.4) is 0 Å². The molecule has 1 fully saturated rings. The molecule has 6 heteroatoms. The number of halogens is 1. The zero-order valence-electron chi connectivity index (χ0n) is 11.2. The van der Waals surface area contributed by atoms with Crippen molar-refractivity contribution < 1.29 is 4.79 Å². The number of nitrogens with one attached hydrogen (secondary N) is 1. The summed E-state index contributed by atoms with van der Waals surface area (Å²) >= 11 is 10.4. The van der Waals surface area contributed by atoms with Crippen molar-refractivity contribution in [2.75, 3.05) is 5.32 Å². The third kappa shape index (κ3) is 3.36. The molecule has 4 nitrogen and oxygen atoms in total. The maximum Gasteiger partial charge on any atom is 0.170 e. The fraction of sp³-hybridized carbons (Fsp3) is 0.267. The first-order chi connectivity index (χ1) is 10.2. The molecule has 0 spiro atoms. The third-order valence-corrected chi connectivity index (χ3v) is 4.02. The molecule has 1 N–H and O–H groups in total. The highest BCUT2D eigenvalue weighted by Gasteiger charge is 2.28. The summed E-state index contributed by atoms with van der Waals surface area (Å²) in [5, 5.41) is 3.46. The van der Waals surface area contributed by atoms with Gasteiger partial charge in [-0.3, -0.25) is 4.79 Å². The van der Waals surface area contributed by atoms with Crippen molar-refractivity contribution in [3.05, 3.63) is 46.4 Å². The van der Waals surface area contributed by atoms with Gasteiger partial charge in [-0.25, -0.2) is 9.97 Å². The number of anilines is 1. The highest BCUT2D eigenvalue weighted by atomic mass is 35.5. The van der Waals surface area contributed by atoms with Crippen molar-refractivity contribution in [3.63, 3.8) is 0 Å². The van der Waals surface area contributed by atoms with E-state index in [4.69, 9.17) is 11.6 Å². The lowest BCUT2D eigenvalue weighted by Crippen LogP contribution is -2.07. The van der Waals surface area contributed by atoms with Crippen LogP contribution < -0.4 is 5.32 Å². The molecule has 0 unspecified atom stereocenters. The molecule has 1 aromatic carbocycles. The molecule has 1 saturated carbocycles. The Morgan fingerprint density at radius 1 is 1.29 bits per heavy atom. The number of hydrogen-bond donors (Lipinski definition) is 2. The number of aldehydes is 1. The summed E-state index contributed by atoms with van der Waals surface area (Å²) in [7, 11) is 0. The van der Waals surface area contributed by atoms with Crippen molar-refractivity contribution in [2.24, 2.45) is 0 Å². The Labute approximate surface area is 133 Å². The zero-order chi connectivity index (χ0) is 14.8. The van der Waals surface area contributed by atoms with Gasteiger partial charge in [0.15, 0.2) is 6.29 Å². The fourth-order valence-corrected chi connectivity index (χ4v) is 2.35. The van der Waals surface area contributed by atoms with E-state index in [2.05, 4.69) is 27.9 Å². The Kier molecular flexibility index (Phi) is 4.12. The van der Waals surface area contributed by atoms with Crippen LogP contribution in [-0.2, 0) is 6.54 Å². The molecule has 1 heterocycles. The molecule has 0 atom stereocenters. The van der Waals surface area contributed by atoms with Crippen molar-refractivity contribution in [3.8, 4) is 0 Å². The van der Waals surface area contributed by atoms with Crippen LogP contribution in [0.2, 0.25) is 5.02 Å². The monoisotopic (exact) mass is 319 g/mol. The van der Waals surface area contributed by atoms with Crippen molar-refractivity contribution in [1.82, 2.24) is 9.97 Å². The van der Waals surface area contributed by atoms with E-state index in [0.29, 0.717) is 30.4 Å². The third-order valence-electron chi connectivity index (χ3n) is 3.34. The fourth-order valence-electron chi connectivity index (χ4n) is 2.00. The summed E-state index contributed by atoms with van der Waals surface area (Å²) in [4.78, 5) is 20.7. The van der Waals surface area contributed by atoms with Crippen LogP contribution >= 0.6 is 24.2 Å². The molecule has 0 amide bonds. The maximum absolute atomic E-state index is 11.1. The molecule has 1 aromatic heterocycles. The number of aromatic nitrogens is 2. The van der Waals surface area contributed by atoms with Gasteiger partial charge in [0.25, 0.3) is 0 Å². The van der Waals surface area contributed by atoms with Gasteiger partial charge in [-0.1, -0.05) is 23.7 Å². The van der Waals surface area contributed by atoms with Gasteiger partial charge in [-0.15, -0.1) is 12.6 Å². The molecule has 3 rings (SSSR count). The van der Waals surface area contributed by atoms with Crippen LogP contribution in [0.1, 0.15) is 40.6 Å². The number of nitrogens with zero attached hydrogens (tertiary/aromatic N) is 2. The predicted octanol–water partition coefficient (Wildman–Crippen LogP) is 3.72. The molecule has 1 aliphatic rings. The van der Waals surface area contributed by atoms with Gasteiger partial charge in [0.05, 0.1) is 0 Å². The van der Waals surface area contributed by atoms with Gasteiger partial charge in [0.1, 0.15) is 22.4 Å². The number of hydrogen-bond acceptors (Lipinski definition) is 5. The predicted molar refractivity (Wildman–Crippen MR) is 85.4 cm³/mol. The van der Waals surface area contributed by atoms with Crippen LogP contribution in [0, 0.1) is 0 Å². The first-order valence-corrected chi connectivity index (χ1v) is 7.54. The lowest BCUT2D eigenvalue weighted by Gasteiger charge is -2.10. The van der Waals surface area contributed by atoms with Crippen LogP contribution in [0.4, 0.5) is 5.82 Å². The quantitative estimate of drug-likeness (QED) is 0.651. The lowest BCUT2D eigenvalue weighted by molar-refractivity contribution is 0.111. The van der Waals surface area contributed by atoms with E-state index in [0.717, 1.165) is 23.3 Å². The van der Waals surface area contributed by atoms with E-state index in [9.17, 15) is 4.79 Å². The smallest absolute Gasteiger partial charge is 0.170 e. The van der Waals surface area contributed by atoms with Gasteiger partial charge in [0, 0.05) is 17.4 Å². The zero-order valence-corrected chi connectivity index (χ0v) is 12.9. The van der Waals surface area contributed by atoms with E-state index < -0.39 is 0 Å². The van der Waals surface area contributed by atoms with Crippen molar-refractivity contribution >= 4 is 36.3 Å². The van der Waals surface area contributed by atoms with Gasteiger partial charge in [-0.2, -0.15) is 0 Å². The Bertz CT molecular complexity index is 671. The average Bonchev–Trinajstić information content (AvgIpc) is 3.32. The van der Waals surface area contributed by atoms with Gasteiger partial charge in [-0.05, 0) is 30.5 Å².